The molecule has 114 valence electrons. The lowest BCUT2D eigenvalue weighted by Crippen LogP contribution is -2.44. The molecule has 2 aliphatic rings. The van der Waals surface area contributed by atoms with Crippen LogP contribution in [0.2, 0.25) is 0 Å². The van der Waals surface area contributed by atoms with Gasteiger partial charge in [-0.2, -0.15) is 0 Å². The molecule has 0 spiro atoms. The van der Waals surface area contributed by atoms with E-state index in [9.17, 15) is 0 Å². The van der Waals surface area contributed by atoms with Crippen LogP contribution in [0, 0.1) is 6.92 Å². The number of benzene rings is 1. The number of nitrogen functional groups attached to an aromatic ring is 1. The minimum absolute atomic E-state index is 0.628. The predicted octanol–water partition coefficient (Wildman–Crippen LogP) is 2.19. The Kier molecular flexibility index (Phi) is 3.06. The summed E-state index contributed by atoms with van der Waals surface area (Å²) in [6.45, 7) is 6.62. The highest BCUT2D eigenvalue weighted by molar-refractivity contribution is 5.80. The van der Waals surface area contributed by atoms with Gasteiger partial charge in [-0.05, 0) is 30.7 Å². The maximum Gasteiger partial charge on any atom is 0.144 e. The average Bonchev–Trinajstić information content (AvgIpc) is 2.53. The fourth-order valence-electron chi connectivity index (χ4n) is 3.33. The van der Waals surface area contributed by atoms with Gasteiger partial charge in [0.05, 0.1) is 12.2 Å². The lowest BCUT2D eigenvalue weighted by Gasteiger charge is -2.42. The van der Waals surface area contributed by atoms with Gasteiger partial charge in [-0.25, -0.2) is 4.98 Å². The molecular formula is C17H20N4O. The van der Waals surface area contributed by atoms with Gasteiger partial charge in [-0.3, -0.25) is 0 Å². The van der Waals surface area contributed by atoms with Crippen molar-refractivity contribution < 1.29 is 4.74 Å². The smallest absolute Gasteiger partial charge is 0.144 e. The molecule has 0 aliphatic carbocycles. The Morgan fingerprint density at radius 2 is 2.14 bits per heavy atom. The second-order valence-electron chi connectivity index (χ2n) is 5.87. The first-order valence-electron chi connectivity index (χ1n) is 7.69. The number of ether oxygens (including phenoxy) is 1. The molecule has 4 rings (SSSR count). The van der Waals surface area contributed by atoms with Gasteiger partial charge in [0.15, 0.2) is 0 Å². The Hall–Kier alpha value is -2.43. The Morgan fingerprint density at radius 1 is 1.23 bits per heavy atom. The fourth-order valence-corrected chi connectivity index (χ4v) is 3.33. The third-order valence-corrected chi connectivity index (χ3v) is 4.57. The molecule has 1 aromatic carbocycles. The summed E-state index contributed by atoms with van der Waals surface area (Å²) in [5.41, 5.74) is 10.8. The third-order valence-electron chi connectivity index (χ3n) is 4.57. The van der Waals surface area contributed by atoms with Gasteiger partial charge in [-0.15, -0.1) is 0 Å². The van der Waals surface area contributed by atoms with Gasteiger partial charge in [0, 0.05) is 31.4 Å². The van der Waals surface area contributed by atoms with Gasteiger partial charge in [0.25, 0.3) is 0 Å². The molecule has 0 saturated carbocycles. The Bertz CT molecular complexity index is 696. The Morgan fingerprint density at radius 3 is 3.00 bits per heavy atom. The SMILES string of the molecule is Cc1ccnc(N)c1CN1CCN2CCOc3cccc1c32. The maximum absolute atomic E-state index is 6.08. The summed E-state index contributed by atoms with van der Waals surface area (Å²) < 4.78 is 5.81. The minimum atomic E-state index is 0.628. The monoisotopic (exact) mass is 296 g/mol. The number of hydrogen-bond acceptors (Lipinski definition) is 5. The molecule has 3 heterocycles. The van der Waals surface area contributed by atoms with Crippen molar-refractivity contribution in [2.45, 2.75) is 13.5 Å². The summed E-state index contributed by atoms with van der Waals surface area (Å²) in [5.74, 6) is 1.62. The molecule has 2 N–H and O–H groups in total. The highest BCUT2D eigenvalue weighted by Crippen LogP contribution is 2.43. The molecule has 2 aliphatic heterocycles. The summed E-state index contributed by atoms with van der Waals surface area (Å²) in [6, 6.07) is 8.31. The van der Waals surface area contributed by atoms with Crippen LogP contribution in [0.25, 0.3) is 0 Å². The van der Waals surface area contributed by atoms with Crippen LogP contribution in [-0.2, 0) is 6.54 Å². The molecule has 1 aromatic heterocycles. The Balaban J connectivity index is 1.73. The number of nitrogens with two attached hydrogens (primary N) is 1. The highest BCUT2D eigenvalue weighted by Gasteiger charge is 2.28. The van der Waals surface area contributed by atoms with Crippen molar-refractivity contribution in [1.29, 1.82) is 0 Å². The van der Waals surface area contributed by atoms with E-state index in [0.717, 1.165) is 44.1 Å². The number of para-hydroxylation sites is 1. The zero-order valence-corrected chi connectivity index (χ0v) is 12.7. The lowest BCUT2D eigenvalue weighted by atomic mass is 10.1. The van der Waals surface area contributed by atoms with E-state index in [-0.39, 0.29) is 0 Å². The van der Waals surface area contributed by atoms with Crippen LogP contribution < -0.4 is 20.3 Å². The number of anilines is 3. The first-order chi connectivity index (χ1) is 10.7. The van der Waals surface area contributed by atoms with Crippen LogP contribution in [0.1, 0.15) is 11.1 Å². The van der Waals surface area contributed by atoms with Crippen molar-refractivity contribution in [1.82, 2.24) is 4.98 Å². The maximum atomic E-state index is 6.08. The second kappa shape index (κ2) is 5.09. The number of aromatic nitrogens is 1. The first-order valence-corrected chi connectivity index (χ1v) is 7.69. The van der Waals surface area contributed by atoms with Gasteiger partial charge in [0.1, 0.15) is 23.9 Å². The normalized spacial score (nSPS) is 16.2. The summed E-state index contributed by atoms with van der Waals surface area (Å²) in [7, 11) is 0. The van der Waals surface area contributed by atoms with E-state index >= 15 is 0 Å². The van der Waals surface area contributed by atoms with E-state index < -0.39 is 0 Å². The quantitative estimate of drug-likeness (QED) is 0.920. The molecular weight excluding hydrogens is 276 g/mol. The van der Waals surface area contributed by atoms with Crippen molar-refractivity contribution in [3.8, 4) is 5.75 Å². The number of pyridine rings is 1. The van der Waals surface area contributed by atoms with Gasteiger partial charge < -0.3 is 20.3 Å². The van der Waals surface area contributed by atoms with Gasteiger partial charge in [0.2, 0.25) is 0 Å². The van der Waals surface area contributed by atoms with Crippen molar-refractivity contribution in [3.63, 3.8) is 0 Å². The molecule has 0 unspecified atom stereocenters. The summed E-state index contributed by atoms with van der Waals surface area (Å²) >= 11 is 0. The van der Waals surface area contributed by atoms with Crippen LogP contribution in [0.15, 0.2) is 30.5 Å². The van der Waals surface area contributed by atoms with Crippen LogP contribution in [-0.4, -0.2) is 31.2 Å². The third kappa shape index (κ3) is 2.04. The Labute approximate surface area is 130 Å². The van der Waals surface area contributed by atoms with E-state index in [1.807, 2.05) is 6.07 Å². The van der Waals surface area contributed by atoms with E-state index in [1.165, 1.54) is 16.9 Å². The molecule has 5 heteroatoms. The van der Waals surface area contributed by atoms with Crippen molar-refractivity contribution in [2.24, 2.45) is 0 Å². The largest absolute Gasteiger partial charge is 0.489 e. The number of hydrogen-bond donors (Lipinski definition) is 1. The van der Waals surface area contributed by atoms with Crippen LogP contribution in [0.5, 0.6) is 5.75 Å². The summed E-state index contributed by atoms with van der Waals surface area (Å²) in [4.78, 5) is 9.04. The van der Waals surface area contributed by atoms with Gasteiger partial charge in [-0.1, -0.05) is 6.07 Å². The van der Waals surface area contributed by atoms with Gasteiger partial charge >= 0.3 is 0 Å². The molecule has 0 radical (unpaired) electrons. The van der Waals surface area contributed by atoms with Crippen molar-refractivity contribution >= 4 is 17.2 Å². The second-order valence-corrected chi connectivity index (χ2v) is 5.87. The highest BCUT2D eigenvalue weighted by atomic mass is 16.5. The zero-order valence-electron chi connectivity index (χ0n) is 12.7. The average molecular weight is 296 g/mol. The molecule has 2 aromatic rings. The molecule has 0 saturated heterocycles. The number of rotatable bonds is 2. The van der Waals surface area contributed by atoms with E-state index in [4.69, 9.17) is 10.5 Å². The van der Waals surface area contributed by atoms with Crippen LogP contribution in [0.4, 0.5) is 17.2 Å². The molecule has 0 amide bonds. The van der Waals surface area contributed by atoms with Crippen LogP contribution in [0.3, 0.4) is 0 Å². The minimum Gasteiger partial charge on any atom is -0.489 e. The van der Waals surface area contributed by atoms with Crippen LogP contribution >= 0.6 is 0 Å². The zero-order chi connectivity index (χ0) is 15.1. The van der Waals surface area contributed by atoms with E-state index in [1.54, 1.807) is 6.20 Å². The van der Waals surface area contributed by atoms with Crippen molar-refractivity contribution in [3.05, 3.63) is 41.6 Å². The number of nitrogens with zero attached hydrogens (tertiary/aromatic N) is 3. The molecule has 0 bridgehead atoms. The van der Waals surface area contributed by atoms with E-state index in [2.05, 4.69) is 39.9 Å². The lowest BCUT2D eigenvalue weighted by molar-refractivity contribution is 0.306. The standard InChI is InChI=1S/C17H20N4O/c1-12-5-6-19-17(18)13(12)11-21-8-7-20-9-10-22-15-4-2-3-14(21)16(15)20/h2-6H,7-11H2,1H3,(H2,18,19). The topological polar surface area (TPSA) is 54.6 Å². The summed E-state index contributed by atoms with van der Waals surface area (Å²) in [6.07, 6.45) is 1.77. The summed E-state index contributed by atoms with van der Waals surface area (Å²) in [5, 5.41) is 0. The molecule has 0 atom stereocenters. The molecule has 5 nitrogen and oxygen atoms in total. The fraction of sp³-hybridized carbons (Fsp3) is 0.353. The van der Waals surface area contributed by atoms with E-state index in [0.29, 0.717) is 5.82 Å². The number of aryl methyl sites for hydroxylation is 1. The first kappa shape index (κ1) is 13.2. The van der Waals surface area contributed by atoms with Crippen molar-refractivity contribution in [2.75, 3.05) is 41.8 Å². The predicted molar refractivity (Wildman–Crippen MR) is 88.6 cm³/mol. The molecule has 22 heavy (non-hydrogen) atoms. The molecule has 0 fully saturated rings.